The Morgan fingerprint density at radius 1 is 1.17 bits per heavy atom. The Hall–Kier alpha value is -3.19. The maximum absolute atomic E-state index is 13.9. The van der Waals surface area contributed by atoms with Crippen molar-refractivity contribution in [2.24, 2.45) is 29.4 Å². The number of rotatable bonds is 9. The molecule has 13 heteroatoms. The van der Waals surface area contributed by atoms with Crippen LogP contribution in [-0.4, -0.2) is 88.9 Å². The molecule has 1 aromatic rings. The van der Waals surface area contributed by atoms with Crippen LogP contribution in [0.3, 0.4) is 0 Å². The summed E-state index contributed by atoms with van der Waals surface area (Å²) in [4.78, 5) is 80.1. The number of aliphatic hydroxyl groups is 1. The zero-order chi connectivity index (χ0) is 30.4. The molecule has 0 heterocycles. The summed E-state index contributed by atoms with van der Waals surface area (Å²) in [6.07, 6.45) is 2.93. The molecule has 1 aromatic carbocycles. The lowest BCUT2D eigenvalue weighted by molar-refractivity contribution is -0.181. The molecule has 2 fully saturated rings. The number of benzene rings is 1. The third kappa shape index (κ3) is 5.07. The van der Waals surface area contributed by atoms with Crippen LogP contribution in [0, 0.1) is 23.7 Å². The van der Waals surface area contributed by atoms with Crippen LogP contribution in [0.15, 0.2) is 6.07 Å². The number of nitrogens with zero attached hydrogens (tertiary/aromatic N) is 1. The second-order valence-corrected chi connectivity index (χ2v) is 11.7. The highest BCUT2D eigenvalue weighted by atomic mass is 35.5. The predicted molar refractivity (Wildman–Crippen MR) is 147 cm³/mol. The average molecular weight is 591 g/mol. The number of nitrogens with two attached hydrogens (primary N) is 1. The molecule has 4 unspecified atom stereocenters. The monoisotopic (exact) mass is 590 g/mol. The Morgan fingerprint density at radius 2 is 1.85 bits per heavy atom. The molecule has 41 heavy (non-hydrogen) atoms. The fourth-order valence-electron chi connectivity index (χ4n) is 6.63. The van der Waals surface area contributed by atoms with Gasteiger partial charge >= 0.3 is 0 Å². The number of likely N-dealkylation sites (N-methyl/N-ethyl adjacent to an activating group) is 1. The lowest BCUT2D eigenvalue weighted by Crippen LogP contribution is -2.74. The van der Waals surface area contributed by atoms with Gasteiger partial charge in [0.15, 0.2) is 40.4 Å². The molecule has 0 aromatic heterocycles. The van der Waals surface area contributed by atoms with Gasteiger partial charge in [-0.3, -0.25) is 33.7 Å². The second-order valence-electron chi connectivity index (χ2n) is 11.3. The lowest BCUT2D eigenvalue weighted by Gasteiger charge is -2.52. The maximum atomic E-state index is 13.9. The van der Waals surface area contributed by atoms with E-state index in [-0.39, 0.29) is 35.7 Å². The Kier molecular flexibility index (Phi) is 8.70. The zero-order valence-electron chi connectivity index (χ0n) is 23.2. The molecule has 4 rings (SSSR count). The number of phenolic OH excluding ortho intramolecular Hbond substituents is 1. The second kappa shape index (κ2) is 11.6. The van der Waals surface area contributed by atoms with Gasteiger partial charge in [0.05, 0.1) is 29.1 Å². The number of ketones is 4. The summed E-state index contributed by atoms with van der Waals surface area (Å²) in [6, 6.07) is 0.256. The molecule has 0 bridgehead atoms. The van der Waals surface area contributed by atoms with Crippen LogP contribution >= 0.6 is 11.6 Å². The molecule has 6 N–H and O–H groups in total. The number of hydrogen-bond donors (Lipinski definition) is 5. The number of unbranched alkanes of at least 4 members (excludes halogenated alkanes) is 2. The molecule has 3 aliphatic rings. The highest BCUT2D eigenvalue weighted by molar-refractivity contribution is 6.35. The molecular weight excluding hydrogens is 556 g/mol. The number of nitrogens with one attached hydrogen (secondary N) is 2. The third-order valence-electron chi connectivity index (χ3n) is 8.51. The number of anilines is 1. The van der Waals surface area contributed by atoms with E-state index in [0.29, 0.717) is 12.1 Å². The summed E-state index contributed by atoms with van der Waals surface area (Å²) in [5, 5.41) is 28.2. The highest BCUT2D eigenvalue weighted by Gasteiger charge is 2.69. The number of amides is 2. The summed E-state index contributed by atoms with van der Waals surface area (Å²) >= 11 is 6.39. The van der Waals surface area contributed by atoms with Crippen molar-refractivity contribution in [1.82, 2.24) is 10.2 Å². The summed E-state index contributed by atoms with van der Waals surface area (Å²) in [7, 11) is 3.03. The SMILES string of the molecule is CCCCCNCC(=O)Nc1c(Cl)cc2c(c1O)C(=O)C1C(=O)[C@]3(O)C(=O)C(C(N)=O)C(=O)[C@@H](N(C)C)C3CC1C2. The van der Waals surface area contributed by atoms with E-state index < -0.39 is 76.0 Å². The number of phenols is 1. The van der Waals surface area contributed by atoms with Crippen molar-refractivity contribution in [3.8, 4) is 5.75 Å². The first-order valence-electron chi connectivity index (χ1n) is 13.7. The van der Waals surface area contributed by atoms with Crippen LogP contribution < -0.4 is 16.4 Å². The van der Waals surface area contributed by atoms with E-state index in [1.807, 2.05) is 0 Å². The van der Waals surface area contributed by atoms with Gasteiger partial charge in [0.2, 0.25) is 11.8 Å². The van der Waals surface area contributed by atoms with E-state index >= 15 is 0 Å². The van der Waals surface area contributed by atoms with Gasteiger partial charge in [-0.1, -0.05) is 31.4 Å². The minimum absolute atomic E-state index is 0.0102. The molecule has 0 saturated heterocycles. The van der Waals surface area contributed by atoms with Gasteiger partial charge in [0.25, 0.3) is 0 Å². The molecule has 0 spiro atoms. The summed E-state index contributed by atoms with van der Waals surface area (Å²) in [6.45, 7) is 2.62. The smallest absolute Gasteiger partial charge is 0.238 e. The number of carbonyl (C=O) groups excluding carboxylic acids is 6. The topological polar surface area (TPSA) is 196 Å². The van der Waals surface area contributed by atoms with Crippen molar-refractivity contribution < 1.29 is 39.0 Å². The Bertz CT molecular complexity index is 1330. The summed E-state index contributed by atoms with van der Waals surface area (Å²) in [5.74, 6) is -12.1. The number of Topliss-reactive ketones (excluding diaryl/α,β-unsaturated/α-hetero) is 4. The van der Waals surface area contributed by atoms with Crippen molar-refractivity contribution in [1.29, 1.82) is 0 Å². The van der Waals surface area contributed by atoms with Crippen molar-refractivity contribution in [2.75, 3.05) is 32.5 Å². The molecule has 0 aliphatic heterocycles. The minimum atomic E-state index is -2.81. The van der Waals surface area contributed by atoms with Crippen LogP contribution in [-0.2, 0) is 30.4 Å². The quantitative estimate of drug-likeness (QED) is 0.151. The van der Waals surface area contributed by atoms with Gasteiger partial charge in [-0.05, 0) is 57.5 Å². The van der Waals surface area contributed by atoms with E-state index in [0.717, 1.165) is 19.3 Å². The van der Waals surface area contributed by atoms with Gasteiger partial charge in [0.1, 0.15) is 5.69 Å². The summed E-state index contributed by atoms with van der Waals surface area (Å²) < 4.78 is 0. The van der Waals surface area contributed by atoms with E-state index in [2.05, 4.69) is 17.6 Å². The van der Waals surface area contributed by atoms with Gasteiger partial charge in [0, 0.05) is 5.92 Å². The van der Waals surface area contributed by atoms with Gasteiger partial charge < -0.3 is 26.6 Å². The number of hydrogen-bond acceptors (Lipinski definition) is 10. The highest BCUT2D eigenvalue weighted by Crippen LogP contribution is 2.52. The molecular formula is C28H35ClN4O8. The maximum Gasteiger partial charge on any atom is 0.238 e. The van der Waals surface area contributed by atoms with Gasteiger partial charge in [-0.15, -0.1) is 0 Å². The first kappa shape index (κ1) is 30.8. The van der Waals surface area contributed by atoms with Crippen molar-refractivity contribution >= 4 is 52.2 Å². The van der Waals surface area contributed by atoms with Crippen molar-refractivity contribution in [3.63, 3.8) is 0 Å². The molecule has 222 valence electrons. The summed E-state index contributed by atoms with van der Waals surface area (Å²) in [5.41, 5.74) is 2.41. The fraction of sp³-hybridized carbons (Fsp3) is 0.571. The van der Waals surface area contributed by atoms with Crippen LogP contribution in [0.4, 0.5) is 5.69 Å². The molecule has 2 amide bonds. The predicted octanol–water partition coefficient (Wildman–Crippen LogP) is 0.239. The van der Waals surface area contributed by atoms with Crippen molar-refractivity contribution in [3.05, 3.63) is 22.2 Å². The van der Waals surface area contributed by atoms with E-state index in [1.165, 1.54) is 25.1 Å². The van der Waals surface area contributed by atoms with Crippen molar-refractivity contribution in [2.45, 2.75) is 50.7 Å². The number of carbonyl (C=O) groups is 6. The van der Waals surface area contributed by atoms with Crippen LogP contribution in [0.1, 0.15) is 48.5 Å². The number of primary amides is 1. The first-order chi connectivity index (χ1) is 19.3. The number of aromatic hydroxyl groups is 1. The fourth-order valence-corrected chi connectivity index (χ4v) is 6.90. The Labute approximate surface area is 242 Å². The molecule has 12 nitrogen and oxygen atoms in total. The third-order valence-corrected chi connectivity index (χ3v) is 8.81. The first-order valence-corrected chi connectivity index (χ1v) is 14.0. The Balaban J connectivity index is 1.68. The molecule has 6 atom stereocenters. The van der Waals surface area contributed by atoms with Crippen LogP contribution in [0.2, 0.25) is 5.02 Å². The number of halogens is 1. The van der Waals surface area contributed by atoms with Gasteiger partial charge in [-0.2, -0.15) is 0 Å². The van der Waals surface area contributed by atoms with Crippen LogP contribution in [0.5, 0.6) is 5.75 Å². The lowest BCUT2D eigenvalue weighted by atomic mass is 9.52. The normalized spacial score (nSPS) is 29.2. The van der Waals surface area contributed by atoms with E-state index in [1.54, 1.807) is 0 Å². The minimum Gasteiger partial charge on any atom is -0.505 e. The van der Waals surface area contributed by atoms with E-state index in [4.69, 9.17) is 17.3 Å². The van der Waals surface area contributed by atoms with Crippen LogP contribution in [0.25, 0.3) is 0 Å². The molecule has 0 radical (unpaired) electrons. The zero-order valence-corrected chi connectivity index (χ0v) is 23.9. The molecule has 2 saturated carbocycles. The number of fused-ring (bicyclic) bond motifs is 3. The standard InChI is InChI=1S/C28H35ClN4O8/c1-4-5-6-7-31-11-16(34)32-20-15(29)10-13-8-12-9-14-21(33(2)3)24(37)19(27(30)40)26(39)28(14,41)25(38)18(12)22(35)17(13)23(20)36/h10,12,14,18-19,21,31,36,41H,4-9,11H2,1-3H3,(H2,30,40)(H,32,34)/t12?,14?,18?,19?,21-,28-/m0/s1. The van der Waals surface area contributed by atoms with E-state index in [9.17, 15) is 39.0 Å². The molecule has 3 aliphatic carbocycles. The Morgan fingerprint density at radius 3 is 2.46 bits per heavy atom. The largest absolute Gasteiger partial charge is 0.505 e. The average Bonchev–Trinajstić information content (AvgIpc) is 2.88. The van der Waals surface area contributed by atoms with Gasteiger partial charge in [-0.25, -0.2) is 0 Å².